The molecule has 0 nitrogen and oxygen atoms in total. The topological polar surface area (TPSA) is 0 Å². The molecule has 0 atom stereocenters. The van der Waals surface area contributed by atoms with Gasteiger partial charge in [0, 0.05) is 84.6 Å². The average Bonchev–Trinajstić information content (AvgIpc) is 3.05. The number of fused-ring (bicyclic) bond motifs is 3. The molecular weight excluding hydrogens is 418 g/mol. The Labute approximate surface area is 218 Å². The van der Waals surface area contributed by atoms with Gasteiger partial charge in [-0.15, -0.1) is 0 Å². The van der Waals surface area contributed by atoms with E-state index in [2.05, 4.69) is 0 Å². The third kappa shape index (κ3) is 8.17. The van der Waals surface area contributed by atoms with Crippen LogP contribution in [0.1, 0.15) is 25.0 Å². The molecule has 0 aromatic heterocycles. The minimum atomic E-state index is -2.52. The minimum absolute atomic E-state index is 0. The van der Waals surface area contributed by atoms with Gasteiger partial charge in [0.15, 0.2) is 0 Å². The maximum atomic E-state index is 13.4. The Morgan fingerprint density at radius 2 is 1.15 bits per heavy atom. The van der Waals surface area contributed by atoms with E-state index in [0.29, 0.717) is 24.6 Å². The van der Waals surface area contributed by atoms with Crippen molar-refractivity contribution in [2.75, 3.05) is 7.18 Å². The quantitative estimate of drug-likeness (QED) is 0.419. The summed E-state index contributed by atoms with van der Waals surface area (Å²) in [4.78, 5) is 0. The van der Waals surface area contributed by atoms with E-state index in [-0.39, 0.29) is 80.9 Å². The van der Waals surface area contributed by atoms with Crippen LogP contribution in [-0.2, 0) is 6.42 Å². The van der Waals surface area contributed by atoms with Crippen LogP contribution < -0.4 is 10.9 Å². The van der Waals surface area contributed by atoms with Gasteiger partial charge in [0.05, 0.1) is 14.9 Å². The van der Waals surface area contributed by atoms with Crippen LogP contribution >= 0.6 is 0 Å². The van der Waals surface area contributed by atoms with Crippen LogP contribution in [0.4, 0.5) is 26.5 Å². The Morgan fingerprint density at radius 1 is 0.778 bits per heavy atom. The molecule has 1 aliphatic rings. The van der Waals surface area contributed by atoms with Crippen LogP contribution in [0.5, 0.6) is 0 Å². The summed E-state index contributed by atoms with van der Waals surface area (Å²) in [6.07, 6.45) is 0.318. The molecule has 148 valence electrons. The summed E-state index contributed by atoms with van der Waals surface area (Å²) < 4.78 is 64.9. The van der Waals surface area contributed by atoms with Gasteiger partial charge in [-0.3, -0.25) is 13.0 Å². The predicted octanol–water partition coefficient (Wildman–Crippen LogP) is 4.18. The van der Waals surface area contributed by atoms with Gasteiger partial charge in [0.25, 0.3) is 0 Å². The van der Waals surface area contributed by atoms with Crippen molar-refractivity contribution in [2.24, 2.45) is 0 Å². The van der Waals surface area contributed by atoms with Gasteiger partial charge in [0.1, 0.15) is 0 Å². The maximum Gasteiger partial charge on any atom is 0.572 e. The van der Waals surface area contributed by atoms with Gasteiger partial charge in [-0.05, 0) is 39.6 Å². The number of halogens is 6. The standard InChI is InChI=1S/C13H8B3F3.C2H6.CH3F.2Ar.F2/c14-15(17)12-5-1-3-8-9-4-2-6-13(16(18)19)11(9)7-10(8)12;2*1-2;;;1-2/h1-6H,7H2;1-2H3;1H3;;;. The molecular formula is C16H17Ar2B3F6. The molecule has 0 heterocycles. The molecule has 0 aliphatic heterocycles. The zero-order valence-corrected chi connectivity index (χ0v) is 16.3. The Morgan fingerprint density at radius 3 is 1.52 bits per heavy atom. The van der Waals surface area contributed by atoms with Gasteiger partial charge in [-0.25, -0.2) is 0 Å². The molecule has 0 saturated carbocycles. The second-order valence-electron chi connectivity index (χ2n) is 4.63. The first-order valence-corrected chi connectivity index (χ1v) is 7.53. The molecule has 0 fully saturated rings. The van der Waals surface area contributed by atoms with Gasteiger partial charge in [0.2, 0.25) is 0 Å². The second kappa shape index (κ2) is 17.6. The SMILES string of the molecule is CC.CF.FF.[Ar].[Ar].[B]B(F)c1cccc2c1Cc1c(B(F)F)cccc1-2. The summed E-state index contributed by atoms with van der Waals surface area (Å²) in [5, 5.41) is 0. The molecule has 2 radical (unpaired) electrons. The molecule has 11 heteroatoms. The Hall–Kier alpha value is 0.734. The van der Waals surface area contributed by atoms with Crippen LogP contribution in [-0.4, -0.2) is 29.1 Å². The van der Waals surface area contributed by atoms with Gasteiger partial charge < -0.3 is 4.32 Å². The summed E-state index contributed by atoms with van der Waals surface area (Å²) in [7, 11) is 3.28. The molecule has 0 N–H and O–H groups in total. The molecule has 0 unspecified atom stereocenters. The summed E-state index contributed by atoms with van der Waals surface area (Å²) in [6, 6.07) is 9.96. The maximum absolute atomic E-state index is 13.4. The van der Waals surface area contributed by atoms with Gasteiger partial charge >= 0.3 is 14.1 Å². The summed E-state index contributed by atoms with van der Waals surface area (Å²) >= 11 is 0. The Balaban J connectivity index is -0.000000659. The smallest absolute Gasteiger partial charge is 0.342 e. The number of benzene rings is 2. The molecule has 0 amide bonds. The first-order valence-electron chi connectivity index (χ1n) is 7.53. The van der Waals surface area contributed by atoms with Crippen LogP contribution in [0.2, 0.25) is 0 Å². The van der Waals surface area contributed by atoms with Crippen LogP contribution in [0.3, 0.4) is 0 Å². The summed E-state index contributed by atoms with van der Waals surface area (Å²) in [5.74, 6) is 0. The first kappa shape index (κ1) is 32.4. The van der Waals surface area contributed by atoms with Crippen molar-refractivity contribution in [3.63, 3.8) is 0 Å². The third-order valence-corrected chi connectivity index (χ3v) is 3.60. The van der Waals surface area contributed by atoms with Crippen molar-refractivity contribution in [3.8, 4) is 11.1 Å². The summed E-state index contributed by atoms with van der Waals surface area (Å²) in [6.45, 7) is 2.42. The van der Waals surface area contributed by atoms with E-state index in [1.807, 2.05) is 19.9 Å². The van der Waals surface area contributed by atoms with E-state index in [0.717, 1.165) is 16.7 Å². The minimum Gasteiger partial charge on any atom is -0.342 e. The number of hydrogen-bond acceptors (Lipinski definition) is 0. The molecule has 3 rings (SSSR count). The first-order chi connectivity index (χ1) is 12.1. The van der Waals surface area contributed by atoms with E-state index < -0.39 is 14.1 Å². The van der Waals surface area contributed by atoms with Crippen LogP contribution in [0.25, 0.3) is 11.1 Å². The largest absolute Gasteiger partial charge is 0.572 e. The van der Waals surface area contributed by atoms with E-state index in [4.69, 9.17) is 16.9 Å². The van der Waals surface area contributed by atoms with E-state index in [1.54, 1.807) is 24.3 Å². The monoisotopic (exact) mass is 436 g/mol. The zero-order chi connectivity index (χ0) is 19.6. The number of hydrogen-bond donors (Lipinski definition) is 0. The van der Waals surface area contributed by atoms with Gasteiger partial charge in [-0.1, -0.05) is 50.2 Å². The third-order valence-electron chi connectivity index (χ3n) is 3.60. The Kier molecular flexibility index (Phi) is 21.1. The molecule has 0 bridgehead atoms. The van der Waals surface area contributed by atoms with Crippen molar-refractivity contribution >= 4 is 32.8 Å². The predicted molar refractivity (Wildman–Crippen MR) is 95.1 cm³/mol. The summed E-state index contributed by atoms with van der Waals surface area (Å²) in [5.41, 5.74) is 3.28. The fourth-order valence-electron chi connectivity index (χ4n) is 2.75. The molecule has 0 saturated heterocycles. The van der Waals surface area contributed by atoms with E-state index in [9.17, 15) is 17.3 Å². The molecule has 2 aromatic carbocycles. The fraction of sp³-hybridized carbons (Fsp3) is 0.250. The van der Waals surface area contributed by atoms with Crippen molar-refractivity contribution in [2.45, 2.75) is 20.3 Å². The van der Waals surface area contributed by atoms with E-state index in [1.165, 1.54) is 6.07 Å². The van der Waals surface area contributed by atoms with Crippen molar-refractivity contribution in [1.29, 1.82) is 0 Å². The fourth-order valence-corrected chi connectivity index (χ4v) is 2.75. The van der Waals surface area contributed by atoms with Gasteiger partial charge in [-0.2, -0.15) is 0 Å². The van der Waals surface area contributed by atoms with Crippen LogP contribution in [0, 0.1) is 75.5 Å². The van der Waals surface area contributed by atoms with E-state index >= 15 is 0 Å². The van der Waals surface area contributed by atoms with Crippen LogP contribution in [0.15, 0.2) is 36.4 Å². The molecule has 2 aromatic rings. The second-order valence-corrected chi connectivity index (χ2v) is 4.63. The molecule has 27 heavy (non-hydrogen) atoms. The van der Waals surface area contributed by atoms with Crippen molar-refractivity contribution in [3.05, 3.63) is 47.5 Å². The van der Waals surface area contributed by atoms with Crippen molar-refractivity contribution < 1.29 is 102 Å². The molecule has 0 spiro atoms. The van der Waals surface area contributed by atoms with Crippen molar-refractivity contribution in [1.82, 2.24) is 0 Å². The average molecular weight is 436 g/mol. The number of rotatable bonds is 2. The Bertz CT molecular complexity index is 605. The number of alkyl halides is 1. The zero-order valence-electron chi connectivity index (χ0n) is 14.9. The normalized spacial score (nSPS) is 9.07. The molecule has 1 aliphatic carbocycles.